The fourth-order valence-corrected chi connectivity index (χ4v) is 3.67. The number of benzene rings is 2. The van der Waals surface area contributed by atoms with Gasteiger partial charge in [-0.3, -0.25) is 9.69 Å². The van der Waals surface area contributed by atoms with Crippen molar-refractivity contribution in [2.45, 2.75) is 10.9 Å². The van der Waals surface area contributed by atoms with Crippen LogP contribution in [0, 0.1) is 5.82 Å². The molecule has 144 valence electrons. The van der Waals surface area contributed by atoms with Gasteiger partial charge in [0, 0.05) is 31.4 Å². The van der Waals surface area contributed by atoms with Gasteiger partial charge in [0.25, 0.3) is 0 Å². The number of nitrogens with one attached hydrogen (secondary N) is 2. The van der Waals surface area contributed by atoms with E-state index in [1.54, 1.807) is 12.1 Å². The molecule has 2 aromatic rings. The molecule has 1 atom stereocenters. The van der Waals surface area contributed by atoms with E-state index in [1.807, 2.05) is 11.0 Å². The van der Waals surface area contributed by atoms with Gasteiger partial charge in [0.2, 0.25) is 15.9 Å². The molecule has 1 fully saturated rings. The summed E-state index contributed by atoms with van der Waals surface area (Å²) in [6, 6.07) is 12.0. The molecular weight excluding hydrogens is 371 g/mol. The summed E-state index contributed by atoms with van der Waals surface area (Å²) in [5.74, 6) is -0.604. The van der Waals surface area contributed by atoms with Crippen molar-refractivity contribution in [3.8, 4) is 0 Å². The molecule has 2 aromatic carbocycles. The van der Waals surface area contributed by atoms with Gasteiger partial charge in [-0.25, -0.2) is 17.9 Å². The second-order valence-corrected chi connectivity index (χ2v) is 7.93. The normalized spacial score (nSPS) is 18.2. The maximum atomic E-state index is 13.6. The largest absolute Gasteiger partial charge is 0.325 e. The number of carbonyl (C=O) groups excluding carboxylic acids is 1. The third-order valence-corrected chi connectivity index (χ3v) is 5.29. The number of amides is 1. The van der Waals surface area contributed by atoms with Crippen LogP contribution in [0.2, 0.25) is 0 Å². The summed E-state index contributed by atoms with van der Waals surface area (Å²) in [7, 11) is -3.84. The summed E-state index contributed by atoms with van der Waals surface area (Å²) in [6.45, 7) is 2.06. The zero-order valence-corrected chi connectivity index (χ0v) is 15.4. The molecule has 1 aliphatic rings. The summed E-state index contributed by atoms with van der Waals surface area (Å²) in [5, 5.41) is 11.1. The molecule has 1 amide bonds. The van der Waals surface area contributed by atoms with Crippen molar-refractivity contribution in [2.75, 3.05) is 31.5 Å². The lowest BCUT2D eigenvalue weighted by atomic mass is 10.0. The van der Waals surface area contributed by atoms with E-state index in [2.05, 4.69) is 10.6 Å². The van der Waals surface area contributed by atoms with Gasteiger partial charge >= 0.3 is 0 Å². The van der Waals surface area contributed by atoms with Gasteiger partial charge in [-0.2, -0.15) is 0 Å². The van der Waals surface area contributed by atoms with E-state index in [1.165, 1.54) is 30.3 Å². The molecule has 0 radical (unpaired) electrons. The zero-order valence-electron chi connectivity index (χ0n) is 14.6. The minimum atomic E-state index is -3.84. The van der Waals surface area contributed by atoms with Crippen LogP contribution in [0.4, 0.5) is 10.1 Å². The first-order valence-electron chi connectivity index (χ1n) is 8.46. The maximum Gasteiger partial charge on any atom is 0.238 e. The second-order valence-electron chi connectivity index (χ2n) is 6.37. The van der Waals surface area contributed by atoms with E-state index in [0.29, 0.717) is 18.8 Å². The highest BCUT2D eigenvalue weighted by Crippen LogP contribution is 2.23. The Morgan fingerprint density at radius 2 is 2.04 bits per heavy atom. The Bertz CT molecular complexity index is 936. The van der Waals surface area contributed by atoms with Crippen LogP contribution in [-0.2, 0) is 14.8 Å². The van der Waals surface area contributed by atoms with Crippen molar-refractivity contribution in [1.82, 2.24) is 10.2 Å². The SMILES string of the molecule is NS(=O)(=O)c1cccc(NC(=O)CN2CCNCC2c2cccc(F)c2)c1. The molecule has 0 saturated carbocycles. The van der Waals surface area contributed by atoms with Crippen LogP contribution in [0.25, 0.3) is 0 Å². The van der Waals surface area contributed by atoms with Gasteiger partial charge < -0.3 is 10.6 Å². The minimum absolute atomic E-state index is 0.0693. The molecule has 0 aliphatic carbocycles. The summed E-state index contributed by atoms with van der Waals surface area (Å²) < 4.78 is 36.4. The van der Waals surface area contributed by atoms with E-state index < -0.39 is 10.0 Å². The second kappa shape index (κ2) is 8.13. The summed E-state index contributed by atoms with van der Waals surface area (Å²) in [5.41, 5.74) is 1.15. The predicted molar refractivity (Wildman–Crippen MR) is 100 cm³/mol. The van der Waals surface area contributed by atoms with Gasteiger partial charge in [0.05, 0.1) is 11.4 Å². The fourth-order valence-electron chi connectivity index (χ4n) is 3.11. The first-order valence-corrected chi connectivity index (χ1v) is 10.0. The number of piperazine rings is 1. The number of carbonyl (C=O) groups is 1. The van der Waals surface area contributed by atoms with Crippen molar-refractivity contribution in [1.29, 1.82) is 0 Å². The molecule has 1 unspecified atom stereocenters. The number of hydrogen-bond acceptors (Lipinski definition) is 5. The van der Waals surface area contributed by atoms with Gasteiger partial charge in [0.15, 0.2) is 0 Å². The van der Waals surface area contributed by atoms with Gasteiger partial charge in [-0.15, -0.1) is 0 Å². The monoisotopic (exact) mass is 392 g/mol. The molecule has 0 bridgehead atoms. The van der Waals surface area contributed by atoms with E-state index in [-0.39, 0.29) is 29.2 Å². The van der Waals surface area contributed by atoms with Crippen LogP contribution < -0.4 is 15.8 Å². The van der Waals surface area contributed by atoms with E-state index in [0.717, 1.165) is 12.1 Å². The number of nitrogens with zero attached hydrogens (tertiary/aromatic N) is 1. The van der Waals surface area contributed by atoms with E-state index >= 15 is 0 Å². The standard InChI is InChI=1S/C18H21FN4O3S/c19-14-4-1-3-13(9-14)17-11-21-7-8-23(17)12-18(24)22-15-5-2-6-16(10-15)27(20,25)26/h1-6,9-10,17,21H,7-8,11-12H2,(H,22,24)(H2,20,25,26). The average molecular weight is 392 g/mol. The third kappa shape index (κ3) is 5.10. The predicted octanol–water partition coefficient (Wildman–Crippen LogP) is 1.06. The zero-order chi connectivity index (χ0) is 19.4. The quantitative estimate of drug-likeness (QED) is 0.706. The molecule has 3 rings (SSSR count). The Kier molecular flexibility index (Phi) is 5.85. The molecule has 9 heteroatoms. The smallest absolute Gasteiger partial charge is 0.238 e. The average Bonchev–Trinajstić information content (AvgIpc) is 2.61. The first-order chi connectivity index (χ1) is 12.8. The van der Waals surface area contributed by atoms with Crippen LogP contribution in [0.1, 0.15) is 11.6 Å². The van der Waals surface area contributed by atoms with Crippen LogP contribution in [0.5, 0.6) is 0 Å². The van der Waals surface area contributed by atoms with Crippen molar-refractivity contribution in [3.63, 3.8) is 0 Å². The van der Waals surface area contributed by atoms with Gasteiger partial charge in [-0.1, -0.05) is 18.2 Å². The summed E-state index contributed by atoms with van der Waals surface area (Å²) in [6.07, 6.45) is 0. The van der Waals surface area contributed by atoms with Crippen molar-refractivity contribution in [3.05, 3.63) is 59.9 Å². The number of hydrogen-bond donors (Lipinski definition) is 3. The van der Waals surface area contributed by atoms with Crippen LogP contribution in [0.15, 0.2) is 53.4 Å². The lowest BCUT2D eigenvalue weighted by molar-refractivity contribution is -0.118. The highest BCUT2D eigenvalue weighted by atomic mass is 32.2. The van der Waals surface area contributed by atoms with Crippen LogP contribution in [-0.4, -0.2) is 45.4 Å². The Hall–Kier alpha value is -2.33. The lowest BCUT2D eigenvalue weighted by Gasteiger charge is -2.36. The molecule has 1 heterocycles. The lowest BCUT2D eigenvalue weighted by Crippen LogP contribution is -2.48. The molecule has 7 nitrogen and oxygen atoms in total. The van der Waals surface area contributed by atoms with Crippen LogP contribution >= 0.6 is 0 Å². The molecule has 0 aromatic heterocycles. The van der Waals surface area contributed by atoms with Gasteiger partial charge in [-0.05, 0) is 35.9 Å². The number of sulfonamides is 1. The van der Waals surface area contributed by atoms with Gasteiger partial charge in [0.1, 0.15) is 5.82 Å². The van der Waals surface area contributed by atoms with E-state index in [4.69, 9.17) is 5.14 Å². The highest BCUT2D eigenvalue weighted by Gasteiger charge is 2.25. The molecule has 0 spiro atoms. The Morgan fingerprint density at radius 3 is 2.78 bits per heavy atom. The Labute approximate surface area is 157 Å². The number of anilines is 1. The Morgan fingerprint density at radius 1 is 1.26 bits per heavy atom. The summed E-state index contributed by atoms with van der Waals surface area (Å²) >= 11 is 0. The number of halogens is 1. The van der Waals surface area contributed by atoms with Crippen molar-refractivity contribution >= 4 is 21.6 Å². The fraction of sp³-hybridized carbons (Fsp3) is 0.278. The van der Waals surface area contributed by atoms with Crippen molar-refractivity contribution in [2.24, 2.45) is 5.14 Å². The molecule has 1 saturated heterocycles. The topological polar surface area (TPSA) is 105 Å². The van der Waals surface area contributed by atoms with Crippen LogP contribution in [0.3, 0.4) is 0 Å². The number of primary sulfonamides is 1. The summed E-state index contributed by atoms with van der Waals surface area (Å²) in [4.78, 5) is 14.4. The Balaban J connectivity index is 1.70. The van der Waals surface area contributed by atoms with E-state index in [9.17, 15) is 17.6 Å². The number of rotatable bonds is 5. The molecule has 4 N–H and O–H groups in total. The number of nitrogens with two attached hydrogens (primary N) is 1. The maximum absolute atomic E-state index is 13.6. The molecule has 27 heavy (non-hydrogen) atoms. The molecular formula is C18H21FN4O3S. The first kappa shape index (κ1) is 19.4. The highest BCUT2D eigenvalue weighted by molar-refractivity contribution is 7.89. The third-order valence-electron chi connectivity index (χ3n) is 4.38. The van der Waals surface area contributed by atoms with Crippen molar-refractivity contribution < 1.29 is 17.6 Å². The minimum Gasteiger partial charge on any atom is -0.325 e. The molecule has 1 aliphatic heterocycles.